The normalized spacial score (nSPS) is 26.9. The Balaban J connectivity index is 1.74. The summed E-state index contributed by atoms with van der Waals surface area (Å²) >= 11 is 1.80. The first-order chi connectivity index (χ1) is 8.66. The van der Waals surface area contributed by atoms with Gasteiger partial charge in [-0.15, -0.1) is 11.3 Å². The molecule has 0 radical (unpaired) electrons. The quantitative estimate of drug-likeness (QED) is 0.906. The van der Waals surface area contributed by atoms with Gasteiger partial charge < -0.3 is 5.32 Å². The lowest BCUT2D eigenvalue weighted by atomic mass is 9.98. The Morgan fingerprint density at radius 2 is 2.33 bits per heavy atom. The van der Waals surface area contributed by atoms with Crippen LogP contribution in [0, 0.1) is 0 Å². The molecule has 0 amide bonds. The Morgan fingerprint density at radius 1 is 1.50 bits per heavy atom. The molecule has 1 aromatic heterocycles. The van der Waals surface area contributed by atoms with Crippen molar-refractivity contribution in [3.8, 4) is 0 Å². The minimum atomic E-state index is -2.26. The summed E-state index contributed by atoms with van der Waals surface area (Å²) in [6.07, 6.45) is 1.35. The topological polar surface area (TPSA) is 15.3 Å². The molecule has 1 aromatic rings. The van der Waals surface area contributed by atoms with E-state index in [9.17, 15) is 8.78 Å². The van der Waals surface area contributed by atoms with Crippen molar-refractivity contribution in [2.45, 2.75) is 44.3 Å². The predicted octanol–water partition coefficient (Wildman–Crippen LogP) is 2.79. The Hall–Kier alpha value is -0.520. The maximum atomic E-state index is 12.1. The van der Waals surface area contributed by atoms with E-state index in [0.717, 1.165) is 6.42 Å². The fraction of sp³-hybridized carbons (Fsp3) is 0.692. The molecule has 5 heteroatoms. The Morgan fingerprint density at radius 3 is 3.11 bits per heavy atom. The van der Waals surface area contributed by atoms with E-state index in [4.69, 9.17) is 0 Å². The number of nitrogens with zero attached hydrogens (tertiary/aromatic N) is 1. The maximum Gasteiger partial charge on any atom is 0.250 e. The minimum absolute atomic E-state index is 0.211. The zero-order chi connectivity index (χ0) is 12.7. The smallest absolute Gasteiger partial charge is 0.250 e. The average molecular weight is 272 g/mol. The van der Waals surface area contributed by atoms with Crippen LogP contribution >= 0.6 is 11.3 Å². The van der Waals surface area contributed by atoms with Crippen LogP contribution in [-0.2, 0) is 13.0 Å². The van der Waals surface area contributed by atoms with E-state index in [1.165, 1.54) is 28.8 Å². The van der Waals surface area contributed by atoms with Crippen LogP contribution in [0.4, 0.5) is 8.78 Å². The molecule has 18 heavy (non-hydrogen) atoms. The van der Waals surface area contributed by atoms with Gasteiger partial charge in [0.25, 0.3) is 6.43 Å². The standard InChI is InChI=1S/C13H18F2N2S/c1-17-9-2-3-11(17)13-10(4-9)8(7-18-13)5-16-6-12(14)15/h7,9,11-12,16H,2-6H2,1H3. The highest BCUT2D eigenvalue weighted by atomic mass is 32.1. The molecule has 1 saturated heterocycles. The molecule has 0 aliphatic carbocycles. The van der Waals surface area contributed by atoms with Gasteiger partial charge in [-0.25, -0.2) is 8.78 Å². The zero-order valence-electron chi connectivity index (χ0n) is 10.5. The van der Waals surface area contributed by atoms with E-state index < -0.39 is 6.43 Å². The Bertz CT molecular complexity index is 433. The van der Waals surface area contributed by atoms with E-state index in [2.05, 4.69) is 22.6 Å². The highest BCUT2D eigenvalue weighted by molar-refractivity contribution is 7.10. The van der Waals surface area contributed by atoms with Crippen molar-refractivity contribution < 1.29 is 8.78 Å². The maximum absolute atomic E-state index is 12.1. The number of halogens is 2. The van der Waals surface area contributed by atoms with E-state index in [-0.39, 0.29) is 6.54 Å². The average Bonchev–Trinajstić information content (AvgIpc) is 2.81. The molecule has 2 atom stereocenters. The fourth-order valence-electron chi connectivity index (χ4n) is 3.22. The second-order valence-electron chi connectivity index (χ2n) is 5.24. The van der Waals surface area contributed by atoms with Gasteiger partial charge in [0.1, 0.15) is 0 Å². The number of hydrogen-bond acceptors (Lipinski definition) is 3. The lowest BCUT2D eigenvalue weighted by Crippen LogP contribution is -2.33. The molecule has 2 nitrogen and oxygen atoms in total. The Kier molecular flexibility index (Phi) is 3.38. The monoisotopic (exact) mass is 272 g/mol. The first kappa shape index (κ1) is 12.5. The minimum Gasteiger partial charge on any atom is -0.307 e. The number of likely N-dealkylation sites (N-methyl/N-ethyl adjacent to an activating group) is 1. The number of thiophene rings is 1. The molecule has 2 unspecified atom stereocenters. The number of rotatable bonds is 4. The van der Waals surface area contributed by atoms with Crippen molar-refractivity contribution in [1.82, 2.24) is 10.2 Å². The SMILES string of the molecule is CN1C2CCC1c1scc(CNCC(F)F)c1C2. The lowest BCUT2D eigenvalue weighted by molar-refractivity contribution is 0.145. The molecular weight excluding hydrogens is 254 g/mol. The van der Waals surface area contributed by atoms with Crippen LogP contribution in [0.5, 0.6) is 0 Å². The largest absolute Gasteiger partial charge is 0.307 e. The molecule has 3 heterocycles. The molecule has 2 aliphatic rings. The van der Waals surface area contributed by atoms with Crippen molar-refractivity contribution in [1.29, 1.82) is 0 Å². The third kappa shape index (κ3) is 2.08. The molecule has 0 spiro atoms. The molecule has 2 aliphatic heterocycles. The van der Waals surface area contributed by atoms with Gasteiger partial charge in [-0.05, 0) is 42.8 Å². The van der Waals surface area contributed by atoms with Gasteiger partial charge in [-0.3, -0.25) is 4.90 Å². The van der Waals surface area contributed by atoms with Crippen LogP contribution in [0.1, 0.15) is 34.9 Å². The van der Waals surface area contributed by atoms with Gasteiger partial charge in [0.2, 0.25) is 0 Å². The third-order valence-corrected chi connectivity index (χ3v) is 5.39. The third-order valence-electron chi connectivity index (χ3n) is 4.21. The predicted molar refractivity (Wildman–Crippen MR) is 69.3 cm³/mol. The van der Waals surface area contributed by atoms with Gasteiger partial charge in [-0.2, -0.15) is 0 Å². The van der Waals surface area contributed by atoms with Crippen molar-refractivity contribution in [2.24, 2.45) is 0 Å². The second kappa shape index (κ2) is 4.87. The van der Waals surface area contributed by atoms with Gasteiger partial charge in [0.05, 0.1) is 6.54 Å². The number of alkyl halides is 2. The van der Waals surface area contributed by atoms with Crippen LogP contribution < -0.4 is 5.32 Å². The van der Waals surface area contributed by atoms with Crippen LogP contribution in [-0.4, -0.2) is 31.0 Å². The van der Waals surface area contributed by atoms with Crippen LogP contribution in [0.2, 0.25) is 0 Å². The molecular formula is C13H18F2N2S. The first-order valence-electron chi connectivity index (χ1n) is 6.46. The molecule has 100 valence electrons. The Labute approximate surface area is 110 Å². The van der Waals surface area contributed by atoms with E-state index in [1.54, 1.807) is 11.3 Å². The van der Waals surface area contributed by atoms with Crippen LogP contribution in [0.25, 0.3) is 0 Å². The van der Waals surface area contributed by atoms with Crippen molar-refractivity contribution >= 4 is 11.3 Å². The first-order valence-corrected chi connectivity index (χ1v) is 7.34. The second-order valence-corrected chi connectivity index (χ2v) is 6.15. The highest BCUT2D eigenvalue weighted by Crippen LogP contribution is 2.46. The molecule has 0 saturated carbocycles. The highest BCUT2D eigenvalue weighted by Gasteiger charge is 2.39. The summed E-state index contributed by atoms with van der Waals surface area (Å²) in [7, 11) is 2.21. The van der Waals surface area contributed by atoms with E-state index in [1.807, 2.05) is 0 Å². The van der Waals surface area contributed by atoms with E-state index in [0.29, 0.717) is 18.6 Å². The van der Waals surface area contributed by atoms with Crippen molar-refractivity contribution in [3.05, 3.63) is 21.4 Å². The van der Waals surface area contributed by atoms with Gasteiger partial charge in [0, 0.05) is 23.5 Å². The fourth-order valence-corrected chi connectivity index (χ4v) is 4.51. The summed E-state index contributed by atoms with van der Waals surface area (Å²) in [6.45, 7) is 0.372. The van der Waals surface area contributed by atoms with Crippen molar-refractivity contribution in [2.75, 3.05) is 13.6 Å². The zero-order valence-corrected chi connectivity index (χ0v) is 11.3. The number of nitrogens with one attached hydrogen (secondary N) is 1. The summed E-state index contributed by atoms with van der Waals surface area (Å²) < 4.78 is 24.2. The molecule has 1 N–H and O–H groups in total. The molecule has 2 bridgehead atoms. The van der Waals surface area contributed by atoms with Crippen molar-refractivity contribution in [3.63, 3.8) is 0 Å². The van der Waals surface area contributed by atoms with Crippen LogP contribution in [0.15, 0.2) is 5.38 Å². The summed E-state index contributed by atoms with van der Waals surface area (Å²) in [5.74, 6) is 0. The van der Waals surface area contributed by atoms with Gasteiger partial charge >= 0.3 is 0 Å². The number of hydrogen-bond donors (Lipinski definition) is 1. The molecule has 0 aromatic carbocycles. The molecule has 3 rings (SSSR count). The van der Waals surface area contributed by atoms with Gasteiger partial charge in [0.15, 0.2) is 0 Å². The summed E-state index contributed by atoms with van der Waals surface area (Å²) in [4.78, 5) is 3.95. The van der Waals surface area contributed by atoms with Gasteiger partial charge in [-0.1, -0.05) is 0 Å². The summed E-state index contributed by atoms with van der Waals surface area (Å²) in [6, 6.07) is 1.23. The van der Waals surface area contributed by atoms with E-state index >= 15 is 0 Å². The summed E-state index contributed by atoms with van der Waals surface area (Å²) in [5, 5.41) is 4.99. The molecule has 1 fully saturated rings. The summed E-state index contributed by atoms with van der Waals surface area (Å²) in [5.41, 5.74) is 2.67. The van der Waals surface area contributed by atoms with Crippen LogP contribution in [0.3, 0.4) is 0 Å². The number of fused-ring (bicyclic) bond motifs is 4. The lowest BCUT2D eigenvalue weighted by Gasteiger charge is -2.31.